The molecule has 0 saturated heterocycles. The summed E-state index contributed by atoms with van der Waals surface area (Å²) in [6.45, 7) is 16.0. The summed E-state index contributed by atoms with van der Waals surface area (Å²) in [5.41, 5.74) is 2.82. The van der Waals surface area contributed by atoms with E-state index in [0.717, 1.165) is 5.92 Å². The molecule has 0 aliphatic rings. The quantitative estimate of drug-likeness (QED) is 0.451. The van der Waals surface area contributed by atoms with Crippen LogP contribution in [0.2, 0.25) is 26.2 Å². The molecule has 20 heavy (non-hydrogen) atoms. The number of aryl methyl sites for hydroxylation is 1. The number of hydrogen-bond acceptors (Lipinski definition) is 0. The molecule has 0 radical (unpaired) electrons. The molecule has 110 valence electrons. The summed E-state index contributed by atoms with van der Waals surface area (Å²) in [6, 6.07) is 11.3. The first-order valence-corrected chi connectivity index (χ1v) is 11.3. The Morgan fingerprint density at radius 1 is 1.05 bits per heavy atom. The smallest absolute Gasteiger partial charge is 0.0411 e. The molecule has 2 rings (SSSR count). The Kier molecular flexibility index (Phi) is 8.36. The minimum atomic E-state index is -0.611. The fourth-order valence-electron chi connectivity index (χ4n) is 2.01. The van der Waals surface area contributed by atoms with Crippen LogP contribution in [0.4, 0.5) is 0 Å². The molecular formula is C18H29SiZr-. The summed E-state index contributed by atoms with van der Waals surface area (Å²) in [5.74, 6) is 0.739. The van der Waals surface area contributed by atoms with Crippen LogP contribution in [0.3, 0.4) is 0 Å². The monoisotopic (exact) mass is 363 g/mol. The van der Waals surface area contributed by atoms with Gasteiger partial charge < -0.3 is 0 Å². The van der Waals surface area contributed by atoms with Gasteiger partial charge in [0.15, 0.2) is 0 Å². The number of benzene rings is 1. The van der Waals surface area contributed by atoms with E-state index in [0.29, 0.717) is 0 Å². The molecule has 0 atom stereocenters. The van der Waals surface area contributed by atoms with Crippen LogP contribution >= 0.6 is 0 Å². The van der Waals surface area contributed by atoms with Crippen molar-refractivity contribution in [2.24, 2.45) is 5.92 Å². The summed E-state index contributed by atoms with van der Waals surface area (Å²) in [6.07, 6.45) is 1.18. The predicted molar refractivity (Wildman–Crippen MR) is 92.0 cm³/mol. The maximum Gasteiger partial charge on any atom is 0.0411 e. The second-order valence-electron chi connectivity index (χ2n) is 7.59. The van der Waals surface area contributed by atoms with Crippen molar-refractivity contribution in [3.8, 4) is 0 Å². The van der Waals surface area contributed by atoms with Crippen molar-refractivity contribution in [2.45, 2.75) is 53.4 Å². The van der Waals surface area contributed by atoms with E-state index in [-0.39, 0.29) is 26.2 Å². The molecule has 0 aromatic heterocycles. The van der Waals surface area contributed by atoms with E-state index in [1.807, 2.05) is 0 Å². The fourth-order valence-corrected chi connectivity index (χ4v) is 2.01. The van der Waals surface area contributed by atoms with Crippen molar-refractivity contribution in [1.29, 1.82) is 0 Å². The predicted octanol–water partition coefficient (Wildman–Crippen LogP) is 6.02. The zero-order valence-electron chi connectivity index (χ0n) is 14.2. The van der Waals surface area contributed by atoms with Crippen molar-refractivity contribution in [3.05, 3.63) is 41.5 Å². The third-order valence-corrected chi connectivity index (χ3v) is 2.56. The first-order valence-electron chi connectivity index (χ1n) is 7.31. The summed E-state index contributed by atoms with van der Waals surface area (Å²) >= 11 is 0. The summed E-state index contributed by atoms with van der Waals surface area (Å²) in [7, 11) is -0.611. The number of rotatable bonds is 2. The Balaban J connectivity index is 0.000000526. The minimum Gasteiger partial charge on any atom is -0.165 e. The SMILES string of the molecule is C[Si](C)(C)C.Cc1cc2cc(CC(C)C)ccc2[cH-]1.[Zr]. The molecule has 2 aromatic rings. The standard InChI is InChI=1S/C14H17.C4H12Si.Zr/c1-10(2)6-12-4-5-13-7-11(3)8-14(13)9-12;1-5(2,3)4;/h4-5,7-10H,6H2,1-3H3;1-4H3;/q-1;;. The third-order valence-electron chi connectivity index (χ3n) is 2.56. The van der Waals surface area contributed by atoms with E-state index >= 15 is 0 Å². The molecule has 0 unspecified atom stereocenters. The maximum absolute atomic E-state index is 2.33. The van der Waals surface area contributed by atoms with Crippen LogP contribution in [-0.2, 0) is 32.6 Å². The van der Waals surface area contributed by atoms with Crippen LogP contribution in [-0.4, -0.2) is 8.07 Å². The Morgan fingerprint density at radius 3 is 2.10 bits per heavy atom. The van der Waals surface area contributed by atoms with Gasteiger partial charge in [-0.15, -0.1) is 40.6 Å². The van der Waals surface area contributed by atoms with E-state index in [9.17, 15) is 0 Å². The molecule has 0 nitrogen and oxygen atoms in total. The molecule has 2 heteroatoms. The molecule has 0 aliphatic heterocycles. The summed E-state index contributed by atoms with van der Waals surface area (Å²) in [4.78, 5) is 0. The minimum absolute atomic E-state index is 0. The number of fused-ring (bicyclic) bond motifs is 1. The van der Waals surface area contributed by atoms with Crippen molar-refractivity contribution in [1.82, 2.24) is 0 Å². The van der Waals surface area contributed by atoms with Gasteiger partial charge in [-0.1, -0.05) is 52.5 Å². The van der Waals surface area contributed by atoms with Crippen molar-refractivity contribution in [3.63, 3.8) is 0 Å². The maximum atomic E-state index is 2.33. The van der Waals surface area contributed by atoms with Gasteiger partial charge in [-0.2, -0.15) is 6.07 Å². The zero-order chi connectivity index (χ0) is 14.6. The second-order valence-corrected chi connectivity index (χ2v) is 13.6. The van der Waals surface area contributed by atoms with Gasteiger partial charge in [0.2, 0.25) is 0 Å². The molecule has 2 aromatic carbocycles. The van der Waals surface area contributed by atoms with Gasteiger partial charge in [0.1, 0.15) is 0 Å². The van der Waals surface area contributed by atoms with Crippen LogP contribution in [0.5, 0.6) is 0 Å². The molecule has 0 amide bonds. The fraction of sp³-hybridized carbons (Fsp3) is 0.500. The molecule has 0 saturated carbocycles. The Labute approximate surface area is 145 Å². The molecule has 0 N–H and O–H groups in total. The molecule has 0 heterocycles. The number of hydrogen-bond donors (Lipinski definition) is 0. The van der Waals surface area contributed by atoms with Crippen molar-refractivity contribution in [2.75, 3.05) is 0 Å². The van der Waals surface area contributed by atoms with Gasteiger partial charge in [0, 0.05) is 34.3 Å². The summed E-state index contributed by atoms with van der Waals surface area (Å²) in [5, 5.41) is 2.76. The second kappa shape index (κ2) is 8.39. The van der Waals surface area contributed by atoms with Gasteiger partial charge in [0.05, 0.1) is 0 Å². The van der Waals surface area contributed by atoms with Gasteiger partial charge in [0.25, 0.3) is 0 Å². The van der Waals surface area contributed by atoms with E-state index in [1.165, 1.54) is 28.3 Å². The average Bonchev–Trinajstić information content (AvgIpc) is 2.53. The van der Waals surface area contributed by atoms with Crippen LogP contribution in [0, 0.1) is 12.8 Å². The van der Waals surface area contributed by atoms with Gasteiger partial charge >= 0.3 is 0 Å². The largest absolute Gasteiger partial charge is 0.165 e. The van der Waals surface area contributed by atoms with Crippen LogP contribution in [0.1, 0.15) is 25.0 Å². The first kappa shape index (κ1) is 19.9. The Bertz CT molecular complexity index is 512. The van der Waals surface area contributed by atoms with Crippen LogP contribution in [0.25, 0.3) is 10.8 Å². The van der Waals surface area contributed by atoms with Gasteiger partial charge in [-0.05, 0) is 12.3 Å². The van der Waals surface area contributed by atoms with E-state index in [1.54, 1.807) is 0 Å². The van der Waals surface area contributed by atoms with Crippen molar-refractivity contribution < 1.29 is 26.2 Å². The topological polar surface area (TPSA) is 0 Å². The van der Waals surface area contributed by atoms with E-state index in [2.05, 4.69) is 77.3 Å². The zero-order valence-corrected chi connectivity index (χ0v) is 17.6. The summed E-state index contributed by atoms with van der Waals surface area (Å²) < 4.78 is 0. The van der Waals surface area contributed by atoms with E-state index < -0.39 is 8.07 Å². The molecular weight excluding hydrogens is 336 g/mol. The Hall–Kier alpha value is -0.0700. The first-order chi connectivity index (χ1) is 8.65. The average molecular weight is 365 g/mol. The van der Waals surface area contributed by atoms with Gasteiger partial charge in [-0.3, -0.25) is 0 Å². The molecule has 0 aliphatic carbocycles. The Morgan fingerprint density at radius 2 is 1.60 bits per heavy atom. The molecule has 0 fully saturated rings. The van der Waals surface area contributed by atoms with E-state index in [4.69, 9.17) is 0 Å². The molecule has 0 spiro atoms. The molecule has 0 bridgehead atoms. The van der Waals surface area contributed by atoms with Gasteiger partial charge in [-0.25, -0.2) is 0 Å². The van der Waals surface area contributed by atoms with Crippen LogP contribution in [0.15, 0.2) is 30.3 Å². The van der Waals surface area contributed by atoms with Crippen LogP contribution < -0.4 is 0 Å². The van der Waals surface area contributed by atoms with Crippen molar-refractivity contribution >= 4 is 18.8 Å². The third kappa shape index (κ3) is 8.27. The normalized spacial score (nSPS) is 11.0.